The van der Waals surface area contributed by atoms with E-state index in [9.17, 15) is 9.90 Å². The molecule has 8 heteroatoms. The van der Waals surface area contributed by atoms with Gasteiger partial charge in [0.1, 0.15) is 0 Å². The highest BCUT2D eigenvalue weighted by Gasteiger charge is 2.19. The summed E-state index contributed by atoms with van der Waals surface area (Å²) in [4.78, 5) is 12.4. The van der Waals surface area contributed by atoms with Gasteiger partial charge in [-0.2, -0.15) is 0 Å². The van der Waals surface area contributed by atoms with Crippen LogP contribution in [-0.2, 0) is 5.41 Å². The monoisotopic (exact) mass is 474 g/mol. The van der Waals surface area contributed by atoms with Gasteiger partial charge in [0.25, 0.3) is 5.91 Å². The molecule has 0 bridgehead atoms. The maximum absolute atomic E-state index is 12.4. The Labute approximate surface area is 176 Å². The first-order valence-corrected chi connectivity index (χ1v) is 9.55. The van der Waals surface area contributed by atoms with Crippen LogP contribution in [0.2, 0.25) is 10.0 Å². The van der Waals surface area contributed by atoms with Crippen molar-refractivity contribution in [3.63, 3.8) is 0 Å². The van der Waals surface area contributed by atoms with Crippen LogP contribution in [0, 0.1) is 0 Å². The zero-order chi connectivity index (χ0) is 19.6. The number of rotatable bonds is 2. The number of phenols is 1. The number of carbonyl (C=O) groups excluding carboxylic acids is 1. The van der Waals surface area contributed by atoms with Crippen molar-refractivity contribution in [3.8, 4) is 5.75 Å². The van der Waals surface area contributed by atoms with Crippen molar-refractivity contribution in [2.45, 2.75) is 26.2 Å². The second-order valence-corrected chi connectivity index (χ2v) is 8.77. The quantitative estimate of drug-likeness (QED) is 0.374. The maximum atomic E-state index is 12.4. The molecule has 2 aromatic rings. The third-order valence-corrected chi connectivity index (χ3v) is 4.89. The summed E-state index contributed by atoms with van der Waals surface area (Å²) in [6.07, 6.45) is 0. The van der Waals surface area contributed by atoms with Crippen molar-refractivity contribution in [3.05, 3.63) is 56.0 Å². The number of anilines is 1. The predicted octanol–water partition coefficient (Wildman–Crippen LogP) is 5.89. The van der Waals surface area contributed by atoms with Gasteiger partial charge in [-0.15, -0.1) is 0 Å². The minimum atomic E-state index is -0.466. The lowest BCUT2D eigenvalue weighted by Gasteiger charge is -2.21. The molecular formula is C18H17BrCl2N2O2S. The first kappa shape index (κ1) is 21.0. The number of aromatic hydroxyl groups is 1. The zero-order valence-corrected chi connectivity index (χ0v) is 18.2. The molecule has 138 valence electrons. The smallest absolute Gasteiger partial charge is 0.258 e. The Balaban J connectivity index is 2.21. The Hall–Kier alpha value is -1.34. The minimum absolute atomic E-state index is 0.0171. The molecular weight excluding hydrogens is 459 g/mol. The highest BCUT2D eigenvalue weighted by atomic mass is 79.9. The van der Waals surface area contributed by atoms with E-state index in [2.05, 4.69) is 26.6 Å². The Bertz CT molecular complexity index is 882. The number of thiocarbonyl (C=S) groups is 1. The van der Waals surface area contributed by atoms with E-state index in [-0.39, 0.29) is 26.9 Å². The van der Waals surface area contributed by atoms with E-state index in [4.69, 9.17) is 35.4 Å². The largest absolute Gasteiger partial charge is 0.504 e. The number of nitrogens with one attached hydrogen (secondary N) is 2. The standard InChI is InChI=1S/C18H17BrCl2N2O2S/c1-18(2,3)9-6-13(21)15(24)14(7-9)22-17(26)23-16(25)11-8-10(19)4-5-12(11)20/h4-8,24H,1-3H3,(H2,22,23,25,26). The minimum Gasteiger partial charge on any atom is -0.504 e. The van der Waals surface area contributed by atoms with E-state index in [1.54, 1.807) is 30.3 Å². The summed E-state index contributed by atoms with van der Waals surface area (Å²) in [6.45, 7) is 6.07. The number of phenolic OH excluding ortho intramolecular Hbond substituents is 1. The molecule has 0 saturated carbocycles. The molecule has 0 atom stereocenters. The van der Waals surface area contributed by atoms with Gasteiger partial charge < -0.3 is 10.4 Å². The summed E-state index contributed by atoms with van der Waals surface area (Å²) in [5.41, 5.74) is 1.32. The second-order valence-electron chi connectivity index (χ2n) is 6.64. The molecule has 0 aliphatic rings. The van der Waals surface area contributed by atoms with Crippen LogP contribution in [0.5, 0.6) is 5.75 Å². The van der Waals surface area contributed by atoms with E-state index < -0.39 is 5.91 Å². The summed E-state index contributed by atoms with van der Waals surface area (Å²) in [5.74, 6) is -0.608. The van der Waals surface area contributed by atoms with Crippen molar-refractivity contribution < 1.29 is 9.90 Å². The van der Waals surface area contributed by atoms with Crippen molar-refractivity contribution in [2.75, 3.05) is 5.32 Å². The molecule has 2 rings (SSSR count). The first-order chi connectivity index (χ1) is 12.0. The molecule has 26 heavy (non-hydrogen) atoms. The number of benzene rings is 2. The molecule has 0 unspecified atom stereocenters. The Morgan fingerprint density at radius 1 is 1.15 bits per heavy atom. The Morgan fingerprint density at radius 2 is 1.81 bits per heavy atom. The number of halogens is 3. The van der Waals surface area contributed by atoms with Gasteiger partial charge in [-0.1, -0.05) is 59.9 Å². The van der Waals surface area contributed by atoms with E-state index >= 15 is 0 Å². The third kappa shape index (κ3) is 5.10. The summed E-state index contributed by atoms with van der Waals surface area (Å²) in [7, 11) is 0. The molecule has 0 aliphatic carbocycles. The van der Waals surface area contributed by atoms with Gasteiger partial charge in [0, 0.05) is 4.47 Å². The summed E-state index contributed by atoms with van der Waals surface area (Å²) >= 11 is 20.6. The summed E-state index contributed by atoms with van der Waals surface area (Å²) in [6, 6.07) is 8.37. The number of carbonyl (C=O) groups is 1. The number of hydrogen-bond acceptors (Lipinski definition) is 3. The summed E-state index contributed by atoms with van der Waals surface area (Å²) in [5, 5.41) is 16.0. The molecule has 0 heterocycles. The van der Waals surface area contributed by atoms with E-state index in [1.165, 1.54) is 0 Å². The molecule has 2 aromatic carbocycles. The van der Waals surface area contributed by atoms with Gasteiger partial charge in [0.05, 0.1) is 21.3 Å². The van der Waals surface area contributed by atoms with Gasteiger partial charge in [-0.3, -0.25) is 10.1 Å². The van der Waals surface area contributed by atoms with Crippen molar-refractivity contribution >= 4 is 68.1 Å². The highest BCUT2D eigenvalue weighted by molar-refractivity contribution is 9.10. The molecule has 4 nitrogen and oxygen atoms in total. The molecule has 0 spiro atoms. The van der Waals surface area contributed by atoms with Crippen LogP contribution in [0.1, 0.15) is 36.7 Å². The van der Waals surface area contributed by atoms with Crippen molar-refractivity contribution in [1.82, 2.24) is 5.32 Å². The molecule has 0 fully saturated rings. The van der Waals surface area contributed by atoms with Crippen LogP contribution in [0.3, 0.4) is 0 Å². The lowest BCUT2D eigenvalue weighted by Crippen LogP contribution is -2.34. The van der Waals surface area contributed by atoms with Crippen molar-refractivity contribution in [1.29, 1.82) is 0 Å². The zero-order valence-electron chi connectivity index (χ0n) is 14.3. The number of hydrogen-bond donors (Lipinski definition) is 3. The average molecular weight is 476 g/mol. The van der Waals surface area contributed by atoms with Crippen LogP contribution >= 0.6 is 51.3 Å². The molecule has 3 N–H and O–H groups in total. The van der Waals surface area contributed by atoms with Crippen molar-refractivity contribution in [2.24, 2.45) is 0 Å². The fourth-order valence-electron chi connectivity index (χ4n) is 2.12. The van der Waals surface area contributed by atoms with Gasteiger partial charge in [-0.05, 0) is 53.5 Å². The van der Waals surface area contributed by atoms with Gasteiger partial charge in [0.15, 0.2) is 10.9 Å². The van der Waals surface area contributed by atoms with Gasteiger partial charge in [0.2, 0.25) is 0 Å². The van der Waals surface area contributed by atoms with E-state index in [0.29, 0.717) is 15.2 Å². The molecule has 1 amide bonds. The highest BCUT2D eigenvalue weighted by Crippen LogP contribution is 2.37. The SMILES string of the molecule is CC(C)(C)c1cc(Cl)c(O)c(NC(=S)NC(=O)c2cc(Br)ccc2Cl)c1. The molecule has 0 aliphatic heterocycles. The Morgan fingerprint density at radius 3 is 2.42 bits per heavy atom. The Kier molecular flexibility index (Phi) is 6.55. The average Bonchev–Trinajstić information content (AvgIpc) is 2.52. The van der Waals surface area contributed by atoms with Crippen LogP contribution in [0.25, 0.3) is 0 Å². The van der Waals surface area contributed by atoms with Gasteiger partial charge in [-0.25, -0.2) is 0 Å². The molecule has 0 radical (unpaired) electrons. The fraction of sp³-hybridized carbons (Fsp3) is 0.222. The van der Waals surface area contributed by atoms with E-state index in [1.807, 2.05) is 20.8 Å². The summed E-state index contributed by atoms with van der Waals surface area (Å²) < 4.78 is 0.716. The lowest BCUT2D eigenvalue weighted by atomic mass is 9.87. The predicted molar refractivity (Wildman–Crippen MR) is 115 cm³/mol. The normalized spacial score (nSPS) is 11.2. The fourth-order valence-corrected chi connectivity index (χ4v) is 3.11. The topological polar surface area (TPSA) is 61.4 Å². The molecule has 0 aromatic heterocycles. The first-order valence-electron chi connectivity index (χ1n) is 7.59. The molecule has 0 saturated heterocycles. The second kappa shape index (κ2) is 8.13. The van der Waals surface area contributed by atoms with Crippen LogP contribution in [0.4, 0.5) is 5.69 Å². The third-order valence-electron chi connectivity index (χ3n) is 3.58. The van der Waals surface area contributed by atoms with Crippen LogP contribution in [-0.4, -0.2) is 16.1 Å². The number of amides is 1. The maximum Gasteiger partial charge on any atom is 0.258 e. The van der Waals surface area contributed by atoms with Gasteiger partial charge >= 0.3 is 0 Å². The van der Waals surface area contributed by atoms with Crippen LogP contribution in [0.15, 0.2) is 34.8 Å². The van der Waals surface area contributed by atoms with Crippen LogP contribution < -0.4 is 10.6 Å². The lowest BCUT2D eigenvalue weighted by molar-refractivity contribution is 0.0978. The van der Waals surface area contributed by atoms with E-state index in [0.717, 1.165) is 5.56 Å².